The fraction of sp³-hybridized carbons (Fsp3) is 0. The fourth-order valence-electron chi connectivity index (χ4n) is 1.39. The van der Waals surface area contributed by atoms with E-state index in [4.69, 9.17) is 27.6 Å². The minimum Gasteiger partial charge on any atom is -0.506 e. The number of carbonyl (C=O) groups is 1. The van der Waals surface area contributed by atoms with Gasteiger partial charge in [-0.3, -0.25) is 4.79 Å². The summed E-state index contributed by atoms with van der Waals surface area (Å²) >= 11 is 11.5. The molecule has 0 saturated carbocycles. The van der Waals surface area contributed by atoms with Crippen LogP contribution >= 0.6 is 23.2 Å². The van der Waals surface area contributed by atoms with Crippen LogP contribution in [0.5, 0.6) is 5.75 Å². The number of carbonyl (C=O) groups excluding carboxylic acids is 1. The molecule has 0 saturated heterocycles. The Morgan fingerprint density at radius 1 is 1.33 bits per heavy atom. The molecule has 1 aromatic heterocycles. The summed E-state index contributed by atoms with van der Waals surface area (Å²) in [7, 11) is 0. The predicted molar refractivity (Wildman–Crippen MR) is 70.2 cm³/mol. The number of phenols is 1. The van der Waals surface area contributed by atoms with E-state index in [1.165, 1.54) is 30.5 Å². The summed E-state index contributed by atoms with van der Waals surface area (Å²) in [4.78, 5) is 11.9. The minimum atomic E-state index is -0.409. The molecule has 92 valence electrons. The molecule has 0 aliphatic heterocycles. The molecule has 1 aromatic carbocycles. The van der Waals surface area contributed by atoms with E-state index in [0.29, 0.717) is 5.76 Å². The van der Waals surface area contributed by atoms with Crippen molar-refractivity contribution in [2.45, 2.75) is 0 Å². The second-order valence-electron chi connectivity index (χ2n) is 3.50. The Bertz CT molecular complexity index is 601. The third kappa shape index (κ3) is 2.75. The number of ketones is 1. The van der Waals surface area contributed by atoms with E-state index in [1.807, 2.05) is 0 Å². The highest BCUT2D eigenvalue weighted by Gasteiger charge is 2.13. The lowest BCUT2D eigenvalue weighted by molar-refractivity contribution is 0.104. The van der Waals surface area contributed by atoms with E-state index in [-0.39, 0.29) is 21.4 Å². The molecule has 0 unspecified atom stereocenters. The Morgan fingerprint density at radius 3 is 2.78 bits per heavy atom. The van der Waals surface area contributed by atoms with Crippen molar-refractivity contribution in [3.8, 4) is 5.75 Å². The Hall–Kier alpha value is -1.71. The number of hydrogen-bond acceptors (Lipinski definition) is 3. The smallest absolute Gasteiger partial charge is 0.189 e. The maximum absolute atomic E-state index is 11.9. The summed E-state index contributed by atoms with van der Waals surface area (Å²) in [5, 5.41) is 10.0. The average molecular weight is 283 g/mol. The highest BCUT2D eigenvalue weighted by molar-refractivity contribution is 6.36. The molecule has 0 aliphatic rings. The quantitative estimate of drug-likeness (QED) is 0.678. The molecule has 5 heteroatoms. The van der Waals surface area contributed by atoms with Crippen LogP contribution in [0.15, 0.2) is 41.0 Å². The van der Waals surface area contributed by atoms with Gasteiger partial charge in [-0.25, -0.2) is 0 Å². The molecule has 0 amide bonds. The van der Waals surface area contributed by atoms with E-state index in [9.17, 15) is 9.90 Å². The second-order valence-corrected chi connectivity index (χ2v) is 4.34. The monoisotopic (exact) mass is 282 g/mol. The maximum Gasteiger partial charge on any atom is 0.189 e. The number of phenolic OH excluding ortho intramolecular Hbond substituents is 1. The molecular weight excluding hydrogens is 275 g/mol. The summed E-state index contributed by atoms with van der Waals surface area (Å²) in [6.45, 7) is 0. The van der Waals surface area contributed by atoms with E-state index < -0.39 is 5.78 Å². The Balaban J connectivity index is 2.29. The van der Waals surface area contributed by atoms with Gasteiger partial charge in [0.25, 0.3) is 0 Å². The van der Waals surface area contributed by atoms with Crippen LogP contribution in [0.2, 0.25) is 10.0 Å². The largest absolute Gasteiger partial charge is 0.506 e. The van der Waals surface area contributed by atoms with Crippen LogP contribution in [0.1, 0.15) is 16.1 Å². The molecule has 0 spiro atoms. The average Bonchev–Trinajstić information content (AvgIpc) is 2.83. The molecule has 1 heterocycles. The van der Waals surface area contributed by atoms with Gasteiger partial charge in [-0.15, -0.1) is 0 Å². The lowest BCUT2D eigenvalue weighted by atomic mass is 10.1. The zero-order chi connectivity index (χ0) is 13.1. The summed E-state index contributed by atoms with van der Waals surface area (Å²) in [5.74, 6) is -0.153. The van der Waals surface area contributed by atoms with Gasteiger partial charge in [0.1, 0.15) is 11.5 Å². The van der Waals surface area contributed by atoms with Gasteiger partial charge < -0.3 is 9.52 Å². The van der Waals surface area contributed by atoms with Gasteiger partial charge in [-0.1, -0.05) is 23.2 Å². The third-order valence-corrected chi connectivity index (χ3v) is 2.74. The van der Waals surface area contributed by atoms with Crippen LogP contribution in [-0.2, 0) is 0 Å². The molecule has 0 fully saturated rings. The van der Waals surface area contributed by atoms with Crippen molar-refractivity contribution < 1.29 is 14.3 Å². The van der Waals surface area contributed by atoms with Gasteiger partial charge in [0.15, 0.2) is 5.78 Å². The van der Waals surface area contributed by atoms with Crippen molar-refractivity contribution >= 4 is 35.1 Å². The van der Waals surface area contributed by atoms with Crippen molar-refractivity contribution in [3.63, 3.8) is 0 Å². The lowest BCUT2D eigenvalue weighted by Gasteiger charge is -2.03. The first-order chi connectivity index (χ1) is 8.58. The number of benzene rings is 1. The Morgan fingerprint density at radius 2 is 2.11 bits per heavy atom. The van der Waals surface area contributed by atoms with E-state index in [2.05, 4.69) is 0 Å². The van der Waals surface area contributed by atoms with Gasteiger partial charge in [-0.05, 0) is 36.4 Å². The normalized spacial score (nSPS) is 11.0. The number of hydrogen-bond donors (Lipinski definition) is 1. The van der Waals surface area contributed by atoms with Crippen molar-refractivity contribution in [2.75, 3.05) is 0 Å². The summed E-state index contributed by atoms with van der Waals surface area (Å²) in [6.07, 6.45) is 4.27. The van der Waals surface area contributed by atoms with E-state index in [0.717, 1.165) is 0 Å². The number of halogens is 2. The molecular formula is C13H8Cl2O3. The highest BCUT2D eigenvalue weighted by Crippen LogP contribution is 2.31. The SMILES string of the molecule is O=C(/C=C/c1ccco1)c1cc(Cl)cc(Cl)c1O. The maximum atomic E-state index is 11.9. The van der Waals surface area contributed by atoms with Gasteiger partial charge in [0, 0.05) is 5.02 Å². The standard InChI is InChI=1S/C13H8Cl2O3/c14-8-6-10(13(17)11(15)7-8)12(16)4-3-9-2-1-5-18-9/h1-7,17H/b4-3+. The fourth-order valence-corrected chi connectivity index (χ4v) is 1.88. The van der Waals surface area contributed by atoms with Gasteiger partial charge >= 0.3 is 0 Å². The van der Waals surface area contributed by atoms with Crippen molar-refractivity contribution in [1.29, 1.82) is 0 Å². The van der Waals surface area contributed by atoms with Crippen LogP contribution in [0.25, 0.3) is 6.08 Å². The minimum absolute atomic E-state index is 0.0391. The first kappa shape index (κ1) is 12.7. The van der Waals surface area contributed by atoms with Crippen molar-refractivity contribution in [3.05, 3.63) is 58.0 Å². The molecule has 1 N–H and O–H groups in total. The zero-order valence-electron chi connectivity index (χ0n) is 9.06. The zero-order valence-corrected chi connectivity index (χ0v) is 10.6. The van der Waals surface area contributed by atoms with Crippen molar-refractivity contribution in [2.24, 2.45) is 0 Å². The number of aromatic hydroxyl groups is 1. The number of allylic oxidation sites excluding steroid dienone is 1. The van der Waals surface area contributed by atoms with Crippen LogP contribution in [0.4, 0.5) is 0 Å². The number of rotatable bonds is 3. The molecule has 2 aromatic rings. The highest BCUT2D eigenvalue weighted by atomic mass is 35.5. The topological polar surface area (TPSA) is 50.4 Å². The van der Waals surface area contributed by atoms with Gasteiger partial charge in [0.05, 0.1) is 16.8 Å². The van der Waals surface area contributed by atoms with Crippen molar-refractivity contribution in [1.82, 2.24) is 0 Å². The molecule has 2 rings (SSSR count). The Kier molecular flexibility index (Phi) is 3.75. The Labute approximate surface area is 113 Å². The lowest BCUT2D eigenvalue weighted by Crippen LogP contribution is -1.95. The molecule has 18 heavy (non-hydrogen) atoms. The molecule has 0 aliphatic carbocycles. The van der Waals surface area contributed by atoms with Crippen LogP contribution in [0.3, 0.4) is 0 Å². The van der Waals surface area contributed by atoms with E-state index >= 15 is 0 Å². The van der Waals surface area contributed by atoms with Gasteiger partial charge in [-0.2, -0.15) is 0 Å². The third-order valence-electron chi connectivity index (χ3n) is 2.24. The molecule has 0 bridgehead atoms. The summed E-state index contributed by atoms with van der Waals surface area (Å²) in [5.41, 5.74) is 0.0512. The molecule has 3 nitrogen and oxygen atoms in total. The second kappa shape index (κ2) is 5.29. The molecule has 0 radical (unpaired) electrons. The van der Waals surface area contributed by atoms with Crippen LogP contribution in [0, 0.1) is 0 Å². The van der Waals surface area contributed by atoms with Crippen LogP contribution in [-0.4, -0.2) is 10.9 Å². The van der Waals surface area contributed by atoms with Crippen LogP contribution < -0.4 is 0 Å². The first-order valence-corrected chi connectivity index (χ1v) is 5.77. The first-order valence-electron chi connectivity index (χ1n) is 5.02. The van der Waals surface area contributed by atoms with E-state index in [1.54, 1.807) is 12.1 Å². The summed E-state index contributed by atoms with van der Waals surface area (Å²) in [6, 6.07) is 6.13. The summed E-state index contributed by atoms with van der Waals surface area (Å²) < 4.78 is 5.04. The predicted octanol–water partition coefficient (Wildman–Crippen LogP) is 4.19. The van der Waals surface area contributed by atoms with Gasteiger partial charge in [0.2, 0.25) is 0 Å². The number of furan rings is 1. The molecule has 0 atom stereocenters.